The average molecular weight is 301 g/mol. The number of nitrogens with zero attached hydrogens (tertiary/aromatic N) is 6. The predicted octanol–water partition coefficient (Wildman–Crippen LogP) is 1.95. The summed E-state index contributed by atoms with van der Waals surface area (Å²) in [6.07, 6.45) is 3.45. The van der Waals surface area contributed by atoms with Crippen LogP contribution in [0.25, 0.3) is 27.1 Å². The highest BCUT2D eigenvalue weighted by Gasteiger charge is 2.15. The quantitative estimate of drug-likeness (QED) is 0.608. The molecule has 0 saturated heterocycles. The first-order valence-electron chi connectivity index (χ1n) is 5.65. The Bertz CT molecular complexity index is 877. The zero-order valence-corrected chi connectivity index (χ0v) is 11.6. The highest BCUT2D eigenvalue weighted by atomic mass is 32.1. The Morgan fingerprint density at radius 3 is 2.95 bits per heavy atom. The van der Waals surface area contributed by atoms with E-state index in [1.807, 2.05) is 17.5 Å². The van der Waals surface area contributed by atoms with Crippen molar-refractivity contribution in [3.05, 3.63) is 29.9 Å². The fourth-order valence-corrected chi connectivity index (χ4v) is 3.20. The lowest BCUT2D eigenvalue weighted by Gasteiger charge is -1.94. The first-order valence-corrected chi connectivity index (χ1v) is 7.35. The SMILES string of the molecule is Nc1nc(-c2nn3c(-c4cccnc4)nnc3s2)cs1. The number of fused-ring (bicyclic) bond motifs is 1. The van der Waals surface area contributed by atoms with E-state index in [-0.39, 0.29) is 0 Å². The fraction of sp³-hybridized carbons (Fsp3) is 0. The molecule has 0 atom stereocenters. The van der Waals surface area contributed by atoms with E-state index in [9.17, 15) is 0 Å². The van der Waals surface area contributed by atoms with Crippen LogP contribution in [0.2, 0.25) is 0 Å². The molecule has 4 heterocycles. The van der Waals surface area contributed by atoms with Crippen LogP contribution in [0.5, 0.6) is 0 Å². The van der Waals surface area contributed by atoms with Crippen LogP contribution >= 0.6 is 22.7 Å². The molecule has 0 aliphatic carbocycles. The molecule has 0 aliphatic heterocycles. The highest BCUT2D eigenvalue weighted by Crippen LogP contribution is 2.29. The van der Waals surface area contributed by atoms with Gasteiger partial charge in [-0.2, -0.15) is 9.61 Å². The van der Waals surface area contributed by atoms with Gasteiger partial charge in [0.05, 0.1) is 0 Å². The summed E-state index contributed by atoms with van der Waals surface area (Å²) in [4.78, 5) is 9.02. The number of hydrogen-bond donors (Lipinski definition) is 1. The van der Waals surface area contributed by atoms with Crippen molar-refractivity contribution in [2.45, 2.75) is 0 Å². The van der Waals surface area contributed by atoms with E-state index in [4.69, 9.17) is 5.73 Å². The Balaban J connectivity index is 1.87. The molecule has 4 rings (SSSR count). The molecule has 98 valence electrons. The van der Waals surface area contributed by atoms with Gasteiger partial charge in [-0.3, -0.25) is 4.98 Å². The van der Waals surface area contributed by atoms with Gasteiger partial charge in [0.15, 0.2) is 16.0 Å². The number of nitrogens with two attached hydrogens (primary N) is 1. The van der Waals surface area contributed by atoms with Crippen LogP contribution in [0.3, 0.4) is 0 Å². The molecule has 7 nitrogen and oxygen atoms in total. The Morgan fingerprint density at radius 1 is 1.25 bits per heavy atom. The second-order valence-electron chi connectivity index (χ2n) is 3.94. The molecule has 0 unspecified atom stereocenters. The van der Waals surface area contributed by atoms with Crippen molar-refractivity contribution >= 4 is 32.8 Å². The van der Waals surface area contributed by atoms with Crippen molar-refractivity contribution in [2.24, 2.45) is 0 Å². The number of rotatable bonds is 2. The van der Waals surface area contributed by atoms with Gasteiger partial charge in [-0.15, -0.1) is 21.5 Å². The zero-order chi connectivity index (χ0) is 13.5. The number of anilines is 1. The van der Waals surface area contributed by atoms with Gasteiger partial charge in [0.1, 0.15) is 5.69 Å². The van der Waals surface area contributed by atoms with Gasteiger partial charge in [-0.05, 0) is 12.1 Å². The Kier molecular flexibility index (Phi) is 2.47. The van der Waals surface area contributed by atoms with Crippen molar-refractivity contribution in [1.29, 1.82) is 0 Å². The van der Waals surface area contributed by atoms with Crippen LogP contribution in [0.4, 0.5) is 5.13 Å². The fourth-order valence-electron chi connectivity index (χ4n) is 1.78. The third-order valence-electron chi connectivity index (χ3n) is 2.65. The minimum absolute atomic E-state index is 0.526. The Morgan fingerprint density at radius 2 is 2.20 bits per heavy atom. The van der Waals surface area contributed by atoms with Crippen molar-refractivity contribution in [3.63, 3.8) is 0 Å². The molecule has 0 amide bonds. The number of hydrogen-bond acceptors (Lipinski definition) is 8. The lowest BCUT2D eigenvalue weighted by molar-refractivity contribution is 0.966. The summed E-state index contributed by atoms with van der Waals surface area (Å²) in [5, 5.41) is 16.0. The molecular formula is C11H7N7S2. The van der Waals surface area contributed by atoms with E-state index in [0.717, 1.165) is 16.3 Å². The van der Waals surface area contributed by atoms with Gasteiger partial charge in [0, 0.05) is 23.3 Å². The van der Waals surface area contributed by atoms with E-state index in [0.29, 0.717) is 15.9 Å². The molecule has 4 aromatic heterocycles. The van der Waals surface area contributed by atoms with Gasteiger partial charge >= 0.3 is 0 Å². The van der Waals surface area contributed by atoms with E-state index in [1.54, 1.807) is 16.9 Å². The molecule has 0 radical (unpaired) electrons. The van der Waals surface area contributed by atoms with Gasteiger partial charge in [-0.1, -0.05) is 11.3 Å². The summed E-state index contributed by atoms with van der Waals surface area (Å²) in [5.41, 5.74) is 7.28. The molecule has 20 heavy (non-hydrogen) atoms. The molecule has 0 bridgehead atoms. The van der Waals surface area contributed by atoms with Crippen molar-refractivity contribution in [1.82, 2.24) is 29.8 Å². The summed E-state index contributed by atoms with van der Waals surface area (Å²) in [5.74, 6) is 0.666. The van der Waals surface area contributed by atoms with Crippen LogP contribution in [0, 0.1) is 0 Å². The van der Waals surface area contributed by atoms with Gasteiger partial charge in [-0.25, -0.2) is 4.98 Å². The van der Waals surface area contributed by atoms with Crippen molar-refractivity contribution in [2.75, 3.05) is 5.73 Å². The molecule has 2 N–H and O–H groups in total. The first kappa shape index (κ1) is 11.4. The van der Waals surface area contributed by atoms with E-state index < -0.39 is 0 Å². The molecule has 4 aromatic rings. The highest BCUT2D eigenvalue weighted by molar-refractivity contribution is 7.20. The number of aromatic nitrogens is 6. The third-order valence-corrected chi connectivity index (χ3v) is 4.25. The lowest BCUT2D eigenvalue weighted by Crippen LogP contribution is -1.91. The normalized spacial score (nSPS) is 11.2. The maximum atomic E-state index is 5.65. The summed E-state index contributed by atoms with van der Waals surface area (Å²) >= 11 is 2.82. The Hall–Kier alpha value is -2.39. The molecular weight excluding hydrogens is 294 g/mol. The van der Waals surface area contributed by atoms with Gasteiger partial charge in [0.25, 0.3) is 0 Å². The molecule has 0 fully saturated rings. The van der Waals surface area contributed by atoms with Crippen LogP contribution in [-0.4, -0.2) is 29.8 Å². The minimum Gasteiger partial charge on any atom is -0.375 e. The topological polar surface area (TPSA) is 94.9 Å². The number of nitrogen functional groups attached to an aromatic ring is 1. The minimum atomic E-state index is 0.526. The second kappa shape index (κ2) is 4.32. The van der Waals surface area contributed by atoms with Crippen LogP contribution in [0.1, 0.15) is 0 Å². The molecule has 9 heteroatoms. The maximum Gasteiger partial charge on any atom is 0.235 e. The summed E-state index contributed by atoms with van der Waals surface area (Å²) in [6, 6.07) is 3.77. The number of pyridine rings is 1. The predicted molar refractivity (Wildman–Crippen MR) is 77.4 cm³/mol. The maximum absolute atomic E-state index is 5.65. The molecule has 0 spiro atoms. The van der Waals surface area contributed by atoms with Crippen LogP contribution in [0.15, 0.2) is 29.9 Å². The van der Waals surface area contributed by atoms with E-state index in [2.05, 4.69) is 25.3 Å². The van der Waals surface area contributed by atoms with Crippen LogP contribution in [-0.2, 0) is 0 Å². The van der Waals surface area contributed by atoms with E-state index >= 15 is 0 Å². The first-order chi connectivity index (χ1) is 9.81. The van der Waals surface area contributed by atoms with Crippen molar-refractivity contribution in [3.8, 4) is 22.1 Å². The standard InChI is InChI=1S/C11H7N7S2/c12-10-14-7(5-19-10)9-17-18-8(15-16-11(18)20-9)6-2-1-3-13-4-6/h1-5H,(H2,12,14). The molecule has 0 aromatic carbocycles. The smallest absolute Gasteiger partial charge is 0.235 e. The van der Waals surface area contributed by atoms with Gasteiger partial charge in [0.2, 0.25) is 4.96 Å². The summed E-state index contributed by atoms with van der Waals surface area (Å²) in [7, 11) is 0. The second-order valence-corrected chi connectivity index (χ2v) is 5.78. The van der Waals surface area contributed by atoms with Gasteiger partial charge < -0.3 is 5.73 Å². The zero-order valence-electron chi connectivity index (χ0n) is 9.96. The third kappa shape index (κ3) is 1.75. The lowest BCUT2D eigenvalue weighted by atomic mass is 10.3. The number of thiazole rings is 1. The van der Waals surface area contributed by atoms with E-state index in [1.165, 1.54) is 22.7 Å². The largest absolute Gasteiger partial charge is 0.375 e. The molecule has 0 saturated carbocycles. The van der Waals surface area contributed by atoms with Crippen LogP contribution < -0.4 is 5.73 Å². The Labute approximate surface area is 120 Å². The summed E-state index contributed by atoms with van der Waals surface area (Å²) in [6.45, 7) is 0. The summed E-state index contributed by atoms with van der Waals surface area (Å²) < 4.78 is 1.70. The average Bonchev–Trinajstić information content (AvgIpc) is 3.13. The monoisotopic (exact) mass is 301 g/mol. The van der Waals surface area contributed by atoms with Crippen molar-refractivity contribution < 1.29 is 0 Å². The molecule has 0 aliphatic rings.